The molecule has 168 valence electrons. The van der Waals surface area contributed by atoms with Gasteiger partial charge < -0.3 is 31.9 Å². The summed E-state index contributed by atoms with van der Waals surface area (Å²) >= 11 is 0. The Morgan fingerprint density at radius 3 is 1.62 bits per heavy atom. The summed E-state index contributed by atoms with van der Waals surface area (Å²) in [5, 5.41) is 35.8. The van der Waals surface area contributed by atoms with Crippen LogP contribution in [0.1, 0.15) is 22.6 Å². The number of nitrogens with two attached hydrogens (primary N) is 2. The molecule has 0 spiro atoms. The molecule has 8 nitrogen and oxygen atoms in total. The summed E-state index contributed by atoms with van der Waals surface area (Å²) in [4.78, 5) is 21.6. The Hall–Kier alpha value is -3.88. The van der Waals surface area contributed by atoms with Crippen LogP contribution < -0.4 is 11.5 Å². The zero-order valence-electron chi connectivity index (χ0n) is 17.2. The van der Waals surface area contributed by atoms with E-state index < -0.39 is 24.0 Å². The molecule has 0 aliphatic rings. The first-order chi connectivity index (χ1) is 15.2. The van der Waals surface area contributed by atoms with E-state index in [4.69, 9.17) is 31.9 Å². The number of carboxylic acid groups (broad SMARTS) is 2. The maximum Gasteiger partial charge on any atom is 0.321 e. The van der Waals surface area contributed by atoms with Crippen molar-refractivity contribution >= 4 is 11.9 Å². The van der Waals surface area contributed by atoms with E-state index in [-0.39, 0.29) is 23.8 Å². The highest BCUT2D eigenvalue weighted by atomic mass is 16.4. The fourth-order valence-corrected chi connectivity index (χ4v) is 3.11. The monoisotopic (exact) mass is 438 g/mol. The normalized spacial score (nSPS) is 12.3. The van der Waals surface area contributed by atoms with E-state index in [1.54, 1.807) is 0 Å². The molecular weight excluding hydrogens is 412 g/mol. The van der Waals surface area contributed by atoms with Crippen molar-refractivity contribution < 1.29 is 30.0 Å². The smallest absolute Gasteiger partial charge is 0.321 e. The van der Waals surface area contributed by atoms with Crippen molar-refractivity contribution in [3.63, 3.8) is 0 Å². The Kier molecular flexibility index (Phi) is 8.76. The van der Waals surface area contributed by atoms with Crippen LogP contribution >= 0.6 is 0 Å². The van der Waals surface area contributed by atoms with E-state index >= 15 is 0 Å². The summed E-state index contributed by atoms with van der Waals surface area (Å²) in [7, 11) is 0. The Labute approximate surface area is 185 Å². The van der Waals surface area contributed by atoms with Crippen molar-refractivity contribution in [2.24, 2.45) is 11.5 Å². The minimum atomic E-state index is -1.10. The Morgan fingerprint density at radius 2 is 1.22 bits per heavy atom. The molecule has 0 fully saturated rings. The van der Waals surface area contributed by atoms with E-state index in [0.29, 0.717) is 5.56 Å². The lowest BCUT2D eigenvalue weighted by Gasteiger charge is -2.21. The van der Waals surface area contributed by atoms with Crippen LogP contribution in [0.5, 0.6) is 11.5 Å². The van der Waals surface area contributed by atoms with E-state index in [1.807, 2.05) is 60.7 Å². The van der Waals surface area contributed by atoms with Gasteiger partial charge in [0.2, 0.25) is 0 Å². The van der Waals surface area contributed by atoms with Crippen LogP contribution in [-0.2, 0) is 16.0 Å². The minimum Gasteiger partial charge on any atom is -0.504 e. The summed E-state index contributed by atoms with van der Waals surface area (Å²) < 4.78 is 0. The molecule has 0 saturated carbocycles. The quantitative estimate of drug-likeness (QED) is 0.305. The van der Waals surface area contributed by atoms with Gasteiger partial charge in [0.15, 0.2) is 11.5 Å². The summed E-state index contributed by atoms with van der Waals surface area (Å²) in [6, 6.07) is 21.1. The predicted molar refractivity (Wildman–Crippen MR) is 119 cm³/mol. The molecule has 0 heterocycles. The Balaban J connectivity index is 0.000000235. The fraction of sp³-hybridized carbons (Fsp3) is 0.167. The van der Waals surface area contributed by atoms with Crippen LogP contribution in [0.4, 0.5) is 0 Å². The second kappa shape index (κ2) is 11.5. The summed E-state index contributed by atoms with van der Waals surface area (Å²) in [6.07, 6.45) is 0.114. The van der Waals surface area contributed by atoms with Gasteiger partial charge in [0, 0.05) is 5.92 Å². The third-order valence-electron chi connectivity index (χ3n) is 4.77. The third kappa shape index (κ3) is 6.83. The average molecular weight is 438 g/mol. The number of phenolic OH excluding ortho intramolecular Hbond substituents is 2. The molecule has 3 aromatic carbocycles. The molecule has 0 aliphatic carbocycles. The van der Waals surface area contributed by atoms with Crippen LogP contribution in [0, 0.1) is 0 Å². The largest absolute Gasteiger partial charge is 0.504 e. The maximum atomic E-state index is 11.2. The van der Waals surface area contributed by atoms with E-state index in [1.165, 1.54) is 18.2 Å². The number of rotatable bonds is 7. The standard InChI is InChI=1S/C15H15NO2.C9H11NO4/c16-14(15(17)18)13(11-7-3-1-4-8-11)12-9-5-2-6-10-12;10-6(9(13)14)3-5-1-2-7(11)8(12)4-5/h1-10,13-14H,16H2,(H,17,18);1-2,4,6,11-12H,3,10H2,(H,13,14)/t14-;6-/m00/s1. The predicted octanol–water partition coefficient (Wildman–Crippen LogP) is 2.28. The molecule has 0 bridgehead atoms. The second-order valence-electron chi connectivity index (χ2n) is 7.13. The number of benzene rings is 3. The fourth-order valence-electron chi connectivity index (χ4n) is 3.11. The summed E-state index contributed by atoms with van der Waals surface area (Å²) in [5.41, 5.74) is 13.5. The Morgan fingerprint density at radius 1 is 0.719 bits per heavy atom. The molecule has 8 heteroatoms. The maximum absolute atomic E-state index is 11.2. The highest BCUT2D eigenvalue weighted by Crippen LogP contribution is 2.27. The number of aromatic hydroxyl groups is 2. The molecule has 2 atom stereocenters. The zero-order chi connectivity index (χ0) is 23.7. The van der Waals surface area contributed by atoms with Crippen LogP contribution in [0.15, 0.2) is 78.9 Å². The SMILES string of the molecule is N[C@@H](Cc1ccc(O)c(O)c1)C(=O)O.N[C@H](C(=O)O)C(c1ccccc1)c1ccccc1. The number of carbonyl (C=O) groups is 2. The van der Waals surface area contributed by atoms with Crippen molar-refractivity contribution in [3.8, 4) is 11.5 Å². The summed E-state index contributed by atoms with van der Waals surface area (Å²) in [5.74, 6) is -2.94. The van der Waals surface area contributed by atoms with Gasteiger partial charge >= 0.3 is 11.9 Å². The van der Waals surface area contributed by atoms with Crippen LogP contribution in [0.2, 0.25) is 0 Å². The van der Waals surface area contributed by atoms with Gasteiger partial charge in [-0.2, -0.15) is 0 Å². The van der Waals surface area contributed by atoms with Crippen LogP contribution in [0.25, 0.3) is 0 Å². The van der Waals surface area contributed by atoms with Crippen molar-refractivity contribution in [1.82, 2.24) is 0 Å². The highest BCUT2D eigenvalue weighted by molar-refractivity contribution is 5.75. The van der Waals surface area contributed by atoms with Crippen LogP contribution in [-0.4, -0.2) is 44.4 Å². The first-order valence-corrected chi connectivity index (χ1v) is 9.78. The summed E-state index contributed by atoms with van der Waals surface area (Å²) in [6.45, 7) is 0. The lowest BCUT2D eigenvalue weighted by molar-refractivity contribution is -0.139. The van der Waals surface area contributed by atoms with Gasteiger partial charge in [0.25, 0.3) is 0 Å². The van der Waals surface area contributed by atoms with Gasteiger partial charge in [-0.15, -0.1) is 0 Å². The van der Waals surface area contributed by atoms with Gasteiger partial charge in [-0.1, -0.05) is 66.7 Å². The van der Waals surface area contributed by atoms with E-state index in [9.17, 15) is 9.59 Å². The molecule has 0 radical (unpaired) electrons. The third-order valence-corrected chi connectivity index (χ3v) is 4.77. The molecular formula is C24H26N2O6. The lowest BCUT2D eigenvalue weighted by atomic mass is 9.85. The van der Waals surface area contributed by atoms with Crippen molar-refractivity contribution in [2.45, 2.75) is 24.4 Å². The molecule has 0 aliphatic heterocycles. The number of hydrogen-bond acceptors (Lipinski definition) is 6. The molecule has 8 N–H and O–H groups in total. The Bertz CT molecular complexity index is 988. The van der Waals surface area contributed by atoms with E-state index in [0.717, 1.165) is 11.1 Å². The van der Waals surface area contributed by atoms with Gasteiger partial charge in [0.05, 0.1) is 0 Å². The number of hydrogen-bond donors (Lipinski definition) is 6. The molecule has 0 unspecified atom stereocenters. The highest BCUT2D eigenvalue weighted by Gasteiger charge is 2.27. The lowest BCUT2D eigenvalue weighted by Crippen LogP contribution is -2.37. The number of carboxylic acids is 2. The molecule has 0 aromatic heterocycles. The second-order valence-corrected chi connectivity index (χ2v) is 7.13. The van der Waals surface area contributed by atoms with Crippen molar-refractivity contribution in [3.05, 3.63) is 95.6 Å². The molecule has 3 rings (SSSR count). The van der Waals surface area contributed by atoms with Gasteiger partial charge in [-0.25, -0.2) is 0 Å². The topological polar surface area (TPSA) is 167 Å². The van der Waals surface area contributed by atoms with E-state index in [2.05, 4.69) is 0 Å². The molecule has 0 amide bonds. The van der Waals surface area contributed by atoms with Gasteiger partial charge in [0.1, 0.15) is 12.1 Å². The number of phenols is 2. The van der Waals surface area contributed by atoms with Crippen molar-refractivity contribution in [2.75, 3.05) is 0 Å². The van der Waals surface area contributed by atoms with Crippen LogP contribution in [0.3, 0.4) is 0 Å². The van der Waals surface area contributed by atoms with Crippen molar-refractivity contribution in [1.29, 1.82) is 0 Å². The van der Waals surface area contributed by atoms with Gasteiger partial charge in [-0.3, -0.25) is 9.59 Å². The first kappa shape index (κ1) is 24.4. The zero-order valence-corrected chi connectivity index (χ0v) is 17.2. The first-order valence-electron chi connectivity index (χ1n) is 9.78. The average Bonchev–Trinajstić information content (AvgIpc) is 2.78. The molecule has 3 aromatic rings. The minimum absolute atomic E-state index is 0.114. The molecule has 0 saturated heterocycles. The molecule has 32 heavy (non-hydrogen) atoms. The van der Waals surface area contributed by atoms with Gasteiger partial charge in [-0.05, 0) is 35.2 Å². The number of aliphatic carboxylic acids is 2.